The molecule has 1 aromatic carbocycles. The number of halogens is 2. The molecule has 1 aliphatic rings. The molecule has 25 heavy (non-hydrogen) atoms. The Balaban J connectivity index is 1.59. The van der Waals surface area contributed by atoms with Crippen molar-refractivity contribution in [2.75, 3.05) is 26.2 Å². The molecular formula is C16H16Cl2N2O3S2. The largest absolute Gasteiger partial charge is 0.340 e. The fraction of sp³-hybridized carbons (Fsp3) is 0.312. The second-order valence-electron chi connectivity index (χ2n) is 5.65. The number of hydrogen-bond donors (Lipinski definition) is 0. The molecule has 0 bridgehead atoms. The van der Waals surface area contributed by atoms with E-state index in [1.807, 2.05) is 12.1 Å². The van der Waals surface area contributed by atoms with Crippen LogP contribution in [0.2, 0.25) is 9.36 Å². The van der Waals surface area contributed by atoms with Crippen LogP contribution in [0.3, 0.4) is 0 Å². The van der Waals surface area contributed by atoms with Gasteiger partial charge in [-0.15, -0.1) is 11.3 Å². The molecule has 2 heterocycles. The molecule has 1 aliphatic heterocycles. The van der Waals surface area contributed by atoms with Gasteiger partial charge in [-0.2, -0.15) is 4.31 Å². The number of nitrogens with zero attached hydrogens (tertiary/aromatic N) is 2. The monoisotopic (exact) mass is 418 g/mol. The highest BCUT2D eigenvalue weighted by atomic mass is 35.5. The van der Waals surface area contributed by atoms with Gasteiger partial charge in [0.05, 0.1) is 10.8 Å². The van der Waals surface area contributed by atoms with Gasteiger partial charge in [0.15, 0.2) is 0 Å². The quantitative estimate of drug-likeness (QED) is 0.765. The van der Waals surface area contributed by atoms with Crippen molar-refractivity contribution >= 4 is 50.5 Å². The lowest BCUT2D eigenvalue weighted by Gasteiger charge is -2.33. The van der Waals surface area contributed by atoms with Crippen LogP contribution in [0.15, 0.2) is 40.6 Å². The van der Waals surface area contributed by atoms with Gasteiger partial charge in [0, 0.05) is 31.2 Å². The van der Waals surface area contributed by atoms with E-state index in [2.05, 4.69) is 0 Å². The summed E-state index contributed by atoms with van der Waals surface area (Å²) < 4.78 is 27.2. The summed E-state index contributed by atoms with van der Waals surface area (Å²) in [4.78, 5) is 14.1. The van der Waals surface area contributed by atoms with Crippen molar-refractivity contribution in [2.24, 2.45) is 0 Å². The molecule has 0 unspecified atom stereocenters. The minimum absolute atomic E-state index is 0.0152. The number of benzene rings is 1. The van der Waals surface area contributed by atoms with Gasteiger partial charge in [-0.3, -0.25) is 4.79 Å². The molecule has 1 aromatic heterocycles. The average molecular weight is 419 g/mol. The Labute approximate surface area is 160 Å². The van der Waals surface area contributed by atoms with Gasteiger partial charge in [0.2, 0.25) is 5.91 Å². The van der Waals surface area contributed by atoms with E-state index in [1.165, 1.54) is 10.4 Å². The fourth-order valence-corrected chi connectivity index (χ4v) is 5.82. The number of piperazine rings is 1. The van der Waals surface area contributed by atoms with Crippen LogP contribution in [0.5, 0.6) is 0 Å². The van der Waals surface area contributed by atoms with E-state index in [0.717, 1.165) is 16.9 Å². The van der Waals surface area contributed by atoms with Crippen LogP contribution < -0.4 is 0 Å². The van der Waals surface area contributed by atoms with Crippen LogP contribution in [0.1, 0.15) is 5.56 Å². The van der Waals surface area contributed by atoms with Crippen LogP contribution in [-0.4, -0.2) is 49.7 Å². The number of rotatable bonds is 4. The molecule has 1 saturated heterocycles. The molecule has 0 spiro atoms. The normalized spacial score (nSPS) is 16.2. The van der Waals surface area contributed by atoms with Gasteiger partial charge in [-0.25, -0.2) is 8.42 Å². The van der Waals surface area contributed by atoms with Gasteiger partial charge in [-0.05, 0) is 29.8 Å². The summed E-state index contributed by atoms with van der Waals surface area (Å²) in [5.41, 5.74) is 0.887. The third kappa shape index (κ3) is 4.35. The van der Waals surface area contributed by atoms with E-state index in [-0.39, 0.29) is 29.6 Å². The lowest BCUT2D eigenvalue weighted by Crippen LogP contribution is -2.50. The smallest absolute Gasteiger partial charge is 0.252 e. The molecule has 1 fully saturated rings. The molecule has 0 saturated carbocycles. The molecule has 3 rings (SSSR count). The summed E-state index contributed by atoms with van der Waals surface area (Å²) in [7, 11) is -3.54. The van der Waals surface area contributed by atoms with E-state index < -0.39 is 10.0 Å². The average Bonchev–Trinajstić information content (AvgIpc) is 3.04. The van der Waals surface area contributed by atoms with E-state index in [0.29, 0.717) is 22.4 Å². The molecule has 0 atom stereocenters. The Hall–Kier alpha value is -1.12. The maximum atomic E-state index is 12.6. The van der Waals surface area contributed by atoms with E-state index in [4.69, 9.17) is 23.2 Å². The number of hydrogen-bond acceptors (Lipinski definition) is 4. The van der Waals surface area contributed by atoms with Gasteiger partial charge < -0.3 is 4.90 Å². The molecule has 1 amide bonds. The molecule has 2 aromatic rings. The number of sulfonamides is 1. The van der Waals surface area contributed by atoms with Crippen LogP contribution in [-0.2, 0) is 21.2 Å². The van der Waals surface area contributed by atoms with Crippen LogP contribution in [0, 0.1) is 0 Å². The summed E-state index contributed by atoms with van der Waals surface area (Å²) in [6.45, 7) is 1.32. The van der Waals surface area contributed by atoms with Crippen LogP contribution in [0.4, 0.5) is 0 Å². The first-order valence-corrected chi connectivity index (χ1v) is 10.7. The third-order valence-electron chi connectivity index (χ3n) is 4.00. The summed E-state index contributed by atoms with van der Waals surface area (Å²) in [6, 6.07) is 10.2. The van der Waals surface area contributed by atoms with E-state index in [9.17, 15) is 13.2 Å². The zero-order chi connectivity index (χ0) is 18.0. The van der Waals surface area contributed by atoms with Crippen molar-refractivity contribution in [3.8, 4) is 0 Å². The number of carbonyl (C=O) groups is 1. The minimum atomic E-state index is -3.54. The number of amides is 1. The maximum Gasteiger partial charge on any atom is 0.252 e. The predicted octanol–water partition coefficient (Wildman–Crippen LogP) is 3.13. The molecule has 9 heteroatoms. The summed E-state index contributed by atoms with van der Waals surface area (Å²) in [5, 5.41) is 0.628. The van der Waals surface area contributed by atoms with Crippen molar-refractivity contribution in [1.82, 2.24) is 9.21 Å². The van der Waals surface area contributed by atoms with Crippen molar-refractivity contribution in [3.63, 3.8) is 0 Å². The van der Waals surface area contributed by atoms with Crippen LogP contribution >= 0.6 is 34.5 Å². The first-order valence-electron chi connectivity index (χ1n) is 7.64. The lowest BCUT2D eigenvalue weighted by atomic mass is 10.1. The van der Waals surface area contributed by atoms with Crippen LogP contribution in [0.25, 0.3) is 0 Å². The highest BCUT2D eigenvalue weighted by molar-refractivity contribution is 7.91. The Morgan fingerprint density at radius 3 is 2.20 bits per heavy atom. The van der Waals surface area contributed by atoms with Gasteiger partial charge in [-0.1, -0.05) is 35.3 Å². The lowest BCUT2D eigenvalue weighted by molar-refractivity contribution is -0.131. The second kappa shape index (κ2) is 7.63. The molecule has 5 nitrogen and oxygen atoms in total. The highest BCUT2D eigenvalue weighted by Gasteiger charge is 2.31. The maximum absolute atomic E-state index is 12.6. The van der Waals surface area contributed by atoms with E-state index in [1.54, 1.807) is 23.1 Å². The van der Waals surface area contributed by atoms with Crippen molar-refractivity contribution in [1.29, 1.82) is 0 Å². The Kier molecular flexibility index (Phi) is 5.70. The fourth-order valence-electron chi connectivity index (χ4n) is 2.63. The zero-order valence-electron chi connectivity index (χ0n) is 13.2. The molecular weight excluding hydrogens is 403 g/mol. The summed E-state index contributed by atoms with van der Waals surface area (Å²) >= 11 is 12.7. The SMILES string of the molecule is O=C(Cc1ccc(Cl)cc1)N1CCN(S(=O)(=O)c2ccc(Cl)s2)CC1. The van der Waals surface area contributed by atoms with Gasteiger partial charge >= 0.3 is 0 Å². The Morgan fingerprint density at radius 2 is 1.64 bits per heavy atom. The highest BCUT2D eigenvalue weighted by Crippen LogP contribution is 2.28. The van der Waals surface area contributed by atoms with Crippen molar-refractivity contribution in [2.45, 2.75) is 10.6 Å². The Bertz CT molecular complexity index is 858. The van der Waals surface area contributed by atoms with Gasteiger partial charge in [0.1, 0.15) is 4.21 Å². The third-order valence-corrected chi connectivity index (χ3v) is 7.85. The minimum Gasteiger partial charge on any atom is -0.340 e. The zero-order valence-corrected chi connectivity index (χ0v) is 16.3. The summed E-state index contributed by atoms with van der Waals surface area (Å²) in [6.07, 6.45) is 0.282. The molecule has 0 N–H and O–H groups in total. The topological polar surface area (TPSA) is 57.7 Å². The van der Waals surface area contributed by atoms with Gasteiger partial charge in [0.25, 0.3) is 10.0 Å². The van der Waals surface area contributed by atoms with Crippen molar-refractivity contribution < 1.29 is 13.2 Å². The summed E-state index contributed by atoms with van der Waals surface area (Å²) in [5.74, 6) is -0.0152. The number of thiophene rings is 1. The second-order valence-corrected chi connectivity index (χ2v) is 9.96. The first kappa shape index (κ1) is 18.7. The first-order chi connectivity index (χ1) is 11.9. The Morgan fingerprint density at radius 1 is 1.00 bits per heavy atom. The van der Waals surface area contributed by atoms with Crippen molar-refractivity contribution in [3.05, 3.63) is 51.3 Å². The van der Waals surface area contributed by atoms with E-state index >= 15 is 0 Å². The standard InChI is InChI=1S/C16H16Cl2N2O3S2/c17-13-3-1-12(2-4-13)11-15(21)19-7-9-20(10-8-19)25(22,23)16-6-5-14(18)24-16/h1-6H,7-11H2. The molecule has 0 radical (unpaired) electrons. The molecule has 134 valence electrons. The molecule has 0 aliphatic carbocycles. The number of carbonyl (C=O) groups excluding carboxylic acids is 1. The predicted molar refractivity (Wildman–Crippen MR) is 99.8 cm³/mol.